The Bertz CT molecular complexity index is 518. The molecule has 0 saturated heterocycles. The van der Waals surface area contributed by atoms with Gasteiger partial charge in [-0.15, -0.1) is 0 Å². The van der Waals surface area contributed by atoms with Gasteiger partial charge in [0, 0.05) is 13.0 Å². The van der Waals surface area contributed by atoms with E-state index in [0.717, 1.165) is 11.8 Å². The Morgan fingerprint density at radius 1 is 1.33 bits per heavy atom. The Morgan fingerprint density at radius 2 is 2.04 bits per heavy atom. The first-order chi connectivity index (χ1) is 11.2. The molecule has 2 amide bonds. The summed E-state index contributed by atoms with van der Waals surface area (Å²) in [4.78, 5) is 28.2. The Hall–Kier alpha value is -1.79. The van der Waals surface area contributed by atoms with E-state index in [4.69, 9.17) is 10.6 Å². The van der Waals surface area contributed by atoms with Crippen LogP contribution in [0.1, 0.15) is 53.4 Å². The predicted octanol–water partition coefficient (Wildman–Crippen LogP) is 1.13. The number of hydrogen-bond acceptors (Lipinski definition) is 4. The molecule has 0 heterocycles. The number of fused-ring (bicyclic) bond motifs is 2. The molecule has 4 atom stereocenters. The van der Waals surface area contributed by atoms with Crippen LogP contribution < -0.4 is 16.4 Å². The topological polar surface area (TPSA) is 106 Å². The van der Waals surface area contributed by atoms with Crippen molar-refractivity contribution in [3.05, 3.63) is 0 Å². The molecule has 136 valence electrons. The molecular weight excluding hydrogens is 308 g/mol. The minimum absolute atomic E-state index is 0.117. The van der Waals surface area contributed by atoms with Crippen molar-refractivity contribution in [2.24, 2.45) is 28.6 Å². The van der Waals surface area contributed by atoms with Crippen LogP contribution in [0.5, 0.6) is 0 Å². The second kappa shape index (κ2) is 7.40. The highest BCUT2D eigenvalue weighted by Crippen LogP contribution is 2.49. The van der Waals surface area contributed by atoms with E-state index in [1.807, 2.05) is 0 Å². The van der Waals surface area contributed by atoms with E-state index in [0.29, 0.717) is 5.92 Å². The third-order valence-electron chi connectivity index (χ3n) is 5.31. The average Bonchev–Trinajstić information content (AvgIpc) is 3.08. The van der Waals surface area contributed by atoms with Crippen molar-refractivity contribution in [2.45, 2.75) is 65.0 Å². The van der Waals surface area contributed by atoms with E-state index in [2.05, 4.69) is 22.7 Å². The van der Waals surface area contributed by atoms with Gasteiger partial charge in [0.25, 0.3) is 5.91 Å². The molecule has 0 unspecified atom stereocenters. The van der Waals surface area contributed by atoms with Gasteiger partial charge in [0.05, 0.1) is 5.54 Å². The van der Waals surface area contributed by atoms with Crippen LogP contribution in [0.25, 0.3) is 0 Å². The lowest BCUT2D eigenvalue weighted by molar-refractivity contribution is -0.127. The molecule has 2 bridgehead atoms. The molecule has 2 fully saturated rings. The van der Waals surface area contributed by atoms with E-state index >= 15 is 0 Å². The number of rotatable bonds is 7. The number of nitrogens with two attached hydrogens (primary N) is 1. The normalized spacial score (nSPS) is 27.7. The molecule has 2 saturated carbocycles. The van der Waals surface area contributed by atoms with Crippen LogP contribution in [0, 0.1) is 17.8 Å². The zero-order chi connectivity index (χ0) is 17.9. The fourth-order valence-electron chi connectivity index (χ4n) is 4.09. The van der Waals surface area contributed by atoms with Crippen LogP contribution in [0.4, 0.5) is 0 Å². The average molecular weight is 338 g/mol. The van der Waals surface area contributed by atoms with E-state index in [1.165, 1.54) is 32.6 Å². The molecule has 0 aromatic carbocycles. The monoisotopic (exact) mass is 338 g/mol. The highest BCUT2D eigenvalue weighted by molar-refractivity contribution is 5.92. The number of amidine groups is 1. The quantitative estimate of drug-likeness (QED) is 0.367. The molecule has 7 heteroatoms. The van der Waals surface area contributed by atoms with Gasteiger partial charge in [-0.05, 0) is 57.8 Å². The second-order valence-electron chi connectivity index (χ2n) is 7.75. The predicted molar refractivity (Wildman–Crippen MR) is 92.0 cm³/mol. The molecule has 2 rings (SSSR count). The van der Waals surface area contributed by atoms with E-state index in [-0.39, 0.29) is 30.3 Å². The first kappa shape index (κ1) is 18.5. The number of carbonyl (C=O) groups is 2. The van der Waals surface area contributed by atoms with Crippen molar-refractivity contribution >= 4 is 17.6 Å². The summed E-state index contributed by atoms with van der Waals surface area (Å²) in [7, 11) is 0. The van der Waals surface area contributed by atoms with Crippen molar-refractivity contribution < 1.29 is 14.4 Å². The van der Waals surface area contributed by atoms with E-state index in [1.54, 1.807) is 13.8 Å². The van der Waals surface area contributed by atoms with Crippen LogP contribution in [0.3, 0.4) is 0 Å². The van der Waals surface area contributed by atoms with Crippen molar-refractivity contribution in [3.63, 3.8) is 0 Å². The summed E-state index contributed by atoms with van der Waals surface area (Å²) in [6, 6.07) is 0.161. The van der Waals surface area contributed by atoms with Crippen molar-refractivity contribution in [1.29, 1.82) is 0 Å². The molecule has 0 aromatic heterocycles. The fourth-order valence-corrected chi connectivity index (χ4v) is 4.09. The van der Waals surface area contributed by atoms with Gasteiger partial charge >= 0.3 is 0 Å². The molecular formula is C17H30N4O3. The second-order valence-corrected chi connectivity index (χ2v) is 7.75. The number of nitrogens with one attached hydrogen (secondary N) is 2. The lowest BCUT2D eigenvalue weighted by Crippen LogP contribution is -2.52. The number of amides is 2. The molecule has 0 spiro atoms. The Balaban J connectivity index is 1.74. The van der Waals surface area contributed by atoms with Crippen molar-refractivity contribution in [2.75, 3.05) is 6.61 Å². The molecule has 2 aliphatic carbocycles. The summed E-state index contributed by atoms with van der Waals surface area (Å²) in [6.07, 6.45) is 5.19. The van der Waals surface area contributed by atoms with Gasteiger partial charge in [0.1, 0.15) is 0 Å². The smallest absolute Gasteiger partial charge is 0.260 e. The molecule has 4 N–H and O–H groups in total. The molecule has 0 aromatic rings. The Labute approximate surface area is 143 Å². The van der Waals surface area contributed by atoms with Gasteiger partial charge in [0.2, 0.25) is 5.91 Å². The Kier molecular flexibility index (Phi) is 5.72. The zero-order valence-corrected chi connectivity index (χ0v) is 15.1. The zero-order valence-electron chi connectivity index (χ0n) is 15.1. The summed E-state index contributed by atoms with van der Waals surface area (Å²) in [5.74, 6) is 1.91. The van der Waals surface area contributed by atoms with Crippen molar-refractivity contribution in [1.82, 2.24) is 10.6 Å². The molecule has 24 heavy (non-hydrogen) atoms. The van der Waals surface area contributed by atoms with Crippen LogP contribution in [-0.4, -0.2) is 35.8 Å². The van der Waals surface area contributed by atoms with Crippen LogP contribution >= 0.6 is 0 Å². The lowest BCUT2D eigenvalue weighted by Gasteiger charge is -2.28. The van der Waals surface area contributed by atoms with Crippen LogP contribution in [0.2, 0.25) is 0 Å². The van der Waals surface area contributed by atoms with E-state index < -0.39 is 5.54 Å². The molecule has 7 nitrogen and oxygen atoms in total. The number of hydrogen-bond donors (Lipinski definition) is 3. The van der Waals surface area contributed by atoms with E-state index in [9.17, 15) is 9.59 Å². The molecule has 2 aliphatic rings. The minimum Gasteiger partial charge on any atom is -0.384 e. The van der Waals surface area contributed by atoms with Gasteiger partial charge in [-0.25, -0.2) is 0 Å². The summed E-state index contributed by atoms with van der Waals surface area (Å²) >= 11 is 0. The fraction of sp³-hybridized carbons (Fsp3) is 0.824. The van der Waals surface area contributed by atoms with Gasteiger partial charge < -0.3 is 21.2 Å². The highest BCUT2D eigenvalue weighted by atomic mass is 16.6. The summed E-state index contributed by atoms with van der Waals surface area (Å²) in [5, 5.41) is 9.42. The maximum absolute atomic E-state index is 12.0. The first-order valence-electron chi connectivity index (χ1n) is 8.73. The number of nitrogens with zero attached hydrogens (tertiary/aromatic N) is 1. The number of carbonyl (C=O) groups excluding carboxylic acids is 2. The molecule has 0 radical (unpaired) electrons. The van der Waals surface area contributed by atoms with Gasteiger partial charge in [-0.3, -0.25) is 9.59 Å². The summed E-state index contributed by atoms with van der Waals surface area (Å²) in [6.45, 7) is 6.73. The summed E-state index contributed by atoms with van der Waals surface area (Å²) < 4.78 is 0. The maximum atomic E-state index is 12.0. The first-order valence-corrected chi connectivity index (χ1v) is 8.73. The molecule has 0 aliphatic heterocycles. The SMILES string of the molecule is CC(=O)NC(C)(C)/C(N)=N\OCC(=O)N[C@@H](C)[C@H]1C[C@H]2CC[C@H]1C2. The third kappa shape index (κ3) is 4.61. The van der Waals surface area contributed by atoms with Gasteiger partial charge in [-0.1, -0.05) is 11.6 Å². The standard InChI is InChI=1S/C17H30N4O3/c1-10(14-8-12-5-6-13(14)7-12)19-15(23)9-24-21-16(18)17(3,4)20-11(2)22/h10,12-14H,5-9H2,1-4H3,(H2,18,21)(H,19,23)(H,20,22)/t10-,12-,13-,14+/m0/s1. The maximum Gasteiger partial charge on any atom is 0.260 e. The lowest BCUT2D eigenvalue weighted by atomic mass is 9.84. The minimum atomic E-state index is -0.821. The third-order valence-corrected chi connectivity index (χ3v) is 5.31. The van der Waals surface area contributed by atoms with Gasteiger partial charge in [0.15, 0.2) is 12.4 Å². The van der Waals surface area contributed by atoms with Crippen molar-refractivity contribution in [3.8, 4) is 0 Å². The number of oxime groups is 1. The van der Waals surface area contributed by atoms with Crippen LogP contribution in [0.15, 0.2) is 5.16 Å². The Morgan fingerprint density at radius 3 is 2.58 bits per heavy atom. The largest absolute Gasteiger partial charge is 0.384 e. The van der Waals surface area contributed by atoms with Crippen LogP contribution in [-0.2, 0) is 14.4 Å². The summed E-state index contributed by atoms with van der Waals surface area (Å²) in [5.41, 5.74) is 4.99. The highest BCUT2D eigenvalue weighted by Gasteiger charge is 2.42. The van der Waals surface area contributed by atoms with Gasteiger partial charge in [-0.2, -0.15) is 0 Å².